The maximum Gasteiger partial charge on any atom is 0.303 e. The fraction of sp³-hybridized carbons (Fsp3) is 0.727. The second kappa shape index (κ2) is 8.99. The lowest BCUT2D eigenvalue weighted by Crippen LogP contribution is -2.68. The summed E-state index contributed by atoms with van der Waals surface area (Å²) in [5, 5.41) is 11.9. The van der Waals surface area contributed by atoms with E-state index in [4.69, 9.17) is 19.9 Å². The van der Waals surface area contributed by atoms with Gasteiger partial charge in [0, 0.05) is 36.7 Å². The van der Waals surface area contributed by atoms with Crippen LogP contribution in [0.15, 0.2) is 12.1 Å². The number of nitrogens with zero attached hydrogens (tertiary/aromatic N) is 1. The molecule has 1 heterocycles. The highest BCUT2D eigenvalue weighted by Crippen LogP contribution is 2.45. The van der Waals surface area contributed by atoms with Crippen molar-refractivity contribution in [3.8, 4) is 0 Å². The number of rotatable bonds is 9. The molecule has 0 fully saturated rings. The van der Waals surface area contributed by atoms with Crippen molar-refractivity contribution >= 4 is 11.4 Å². The van der Waals surface area contributed by atoms with Crippen LogP contribution in [0.2, 0.25) is 0 Å². The summed E-state index contributed by atoms with van der Waals surface area (Å²) in [7, 11) is 0. The van der Waals surface area contributed by atoms with E-state index in [1.54, 1.807) is 0 Å². The second-order valence-electron chi connectivity index (χ2n) is 8.25. The van der Waals surface area contributed by atoms with Gasteiger partial charge in [0.15, 0.2) is 0 Å². The molecular weight excluding hydrogens is 356 g/mol. The predicted molar refractivity (Wildman–Crippen MR) is 113 cm³/mol. The first-order valence-corrected chi connectivity index (χ1v) is 10.4. The SMILES string of the molecule is CCOC(OCC)C(O)(OCC)N1c2cc(C(C)C)c(N)cc2CCC1(C)C. The van der Waals surface area contributed by atoms with Gasteiger partial charge in [0.25, 0.3) is 0 Å². The number of hydrogen-bond acceptors (Lipinski definition) is 6. The van der Waals surface area contributed by atoms with Crippen LogP contribution in [0.1, 0.15) is 71.9 Å². The van der Waals surface area contributed by atoms with Crippen LogP contribution in [-0.4, -0.2) is 42.7 Å². The number of aryl methyl sites for hydroxylation is 1. The van der Waals surface area contributed by atoms with Crippen LogP contribution < -0.4 is 10.6 Å². The van der Waals surface area contributed by atoms with E-state index < -0.39 is 12.2 Å². The molecule has 160 valence electrons. The molecule has 6 heteroatoms. The van der Waals surface area contributed by atoms with Crippen LogP contribution in [0.25, 0.3) is 0 Å². The Balaban J connectivity index is 2.69. The van der Waals surface area contributed by atoms with Gasteiger partial charge in [-0.25, -0.2) is 0 Å². The molecule has 0 saturated carbocycles. The summed E-state index contributed by atoms with van der Waals surface area (Å²) in [5.74, 6) is -1.49. The minimum atomic E-state index is -1.76. The lowest BCUT2D eigenvalue weighted by atomic mass is 9.84. The Bertz CT molecular complexity index is 656. The first-order valence-electron chi connectivity index (χ1n) is 10.4. The molecule has 0 bridgehead atoms. The number of nitrogens with two attached hydrogens (primary N) is 1. The van der Waals surface area contributed by atoms with Crippen LogP contribution >= 0.6 is 0 Å². The Hall–Kier alpha value is -1.34. The molecule has 1 aromatic rings. The van der Waals surface area contributed by atoms with Crippen molar-refractivity contribution < 1.29 is 19.3 Å². The van der Waals surface area contributed by atoms with E-state index in [0.717, 1.165) is 35.3 Å². The van der Waals surface area contributed by atoms with Crippen molar-refractivity contribution in [3.05, 3.63) is 23.3 Å². The highest BCUT2D eigenvalue weighted by Gasteiger charge is 2.53. The first kappa shape index (κ1) is 22.9. The van der Waals surface area contributed by atoms with E-state index in [9.17, 15) is 5.11 Å². The number of ether oxygens (including phenoxy) is 3. The van der Waals surface area contributed by atoms with Gasteiger partial charge in [-0.1, -0.05) is 13.8 Å². The minimum absolute atomic E-state index is 0.270. The van der Waals surface area contributed by atoms with E-state index in [1.165, 1.54) is 0 Å². The van der Waals surface area contributed by atoms with Crippen LogP contribution in [-0.2, 0) is 20.6 Å². The van der Waals surface area contributed by atoms with Crippen LogP contribution in [0.3, 0.4) is 0 Å². The molecule has 0 spiro atoms. The standard InChI is InChI=1S/C22H38N2O4/c1-8-26-20(27-9-2)22(25,28-10-3)24-19-14-17(15(4)5)18(23)13-16(19)11-12-21(24,6)7/h13-15,20,25H,8-12,23H2,1-7H3. The topological polar surface area (TPSA) is 77.2 Å². The number of anilines is 2. The van der Waals surface area contributed by atoms with Gasteiger partial charge in [-0.3, -0.25) is 0 Å². The Kier molecular flexibility index (Phi) is 7.37. The fourth-order valence-corrected chi connectivity index (χ4v) is 4.08. The zero-order valence-electron chi connectivity index (χ0n) is 18.5. The normalized spacial score (nSPS) is 18.4. The summed E-state index contributed by atoms with van der Waals surface area (Å²) in [4.78, 5) is 1.93. The number of nitrogen functional groups attached to an aromatic ring is 1. The van der Waals surface area contributed by atoms with Gasteiger partial charge in [0.1, 0.15) is 0 Å². The molecular formula is C22H38N2O4. The Labute approximate surface area is 169 Å². The van der Waals surface area contributed by atoms with Gasteiger partial charge >= 0.3 is 5.91 Å². The molecule has 0 radical (unpaired) electrons. The summed E-state index contributed by atoms with van der Waals surface area (Å²) in [5.41, 5.74) is 9.83. The summed E-state index contributed by atoms with van der Waals surface area (Å²) in [6.07, 6.45) is 0.797. The molecule has 1 aliphatic heterocycles. The van der Waals surface area contributed by atoms with E-state index in [0.29, 0.717) is 19.8 Å². The molecule has 1 atom stereocenters. The first-order chi connectivity index (χ1) is 13.1. The van der Waals surface area contributed by atoms with Gasteiger partial charge in [0.05, 0.1) is 0 Å². The van der Waals surface area contributed by atoms with Crippen molar-refractivity contribution in [3.63, 3.8) is 0 Å². The third-order valence-electron chi connectivity index (χ3n) is 5.38. The third-order valence-corrected chi connectivity index (χ3v) is 5.38. The summed E-state index contributed by atoms with van der Waals surface area (Å²) < 4.78 is 17.6. The summed E-state index contributed by atoms with van der Waals surface area (Å²) >= 11 is 0. The molecule has 1 unspecified atom stereocenters. The average molecular weight is 395 g/mol. The maximum absolute atomic E-state index is 11.9. The van der Waals surface area contributed by atoms with Gasteiger partial charge in [0.2, 0.25) is 6.29 Å². The van der Waals surface area contributed by atoms with Gasteiger partial charge < -0.3 is 30.0 Å². The Morgan fingerprint density at radius 3 is 2.25 bits per heavy atom. The lowest BCUT2D eigenvalue weighted by molar-refractivity contribution is -0.338. The van der Waals surface area contributed by atoms with E-state index >= 15 is 0 Å². The molecule has 28 heavy (non-hydrogen) atoms. The van der Waals surface area contributed by atoms with Crippen molar-refractivity contribution in [1.82, 2.24) is 0 Å². The number of hydrogen-bond donors (Lipinski definition) is 2. The minimum Gasteiger partial charge on any atom is -0.398 e. The number of fused-ring (bicyclic) bond motifs is 1. The van der Waals surface area contributed by atoms with Crippen molar-refractivity contribution in [2.75, 3.05) is 30.5 Å². The lowest BCUT2D eigenvalue weighted by Gasteiger charge is -2.54. The van der Waals surface area contributed by atoms with Crippen molar-refractivity contribution in [1.29, 1.82) is 0 Å². The molecule has 0 aliphatic carbocycles. The van der Waals surface area contributed by atoms with E-state index in [-0.39, 0.29) is 11.5 Å². The monoisotopic (exact) mass is 394 g/mol. The van der Waals surface area contributed by atoms with E-state index in [2.05, 4.69) is 33.8 Å². The Morgan fingerprint density at radius 1 is 1.14 bits per heavy atom. The Morgan fingerprint density at radius 2 is 1.75 bits per heavy atom. The number of aliphatic hydroxyl groups is 1. The van der Waals surface area contributed by atoms with Crippen LogP contribution in [0, 0.1) is 0 Å². The van der Waals surface area contributed by atoms with E-state index in [1.807, 2.05) is 31.7 Å². The maximum atomic E-state index is 11.9. The van der Waals surface area contributed by atoms with Crippen molar-refractivity contribution in [2.45, 2.75) is 85.0 Å². The highest BCUT2D eigenvalue weighted by atomic mass is 16.8. The summed E-state index contributed by atoms with van der Waals surface area (Å²) in [6.45, 7) is 15.2. The molecule has 0 amide bonds. The largest absolute Gasteiger partial charge is 0.398 e. The molecule has 3 N–H and O–H groups in total. The zero-order valence-corrected chi connectivity index (χ0v) is 18.5. The fourth-order valence-electron chi connectivity index (χ4n) is 4.08. The van der Waals surface area contributed by atoms with Gasteiger partial charge in [-0.2, -0.15) is 0 Å². The predicted octanol–water partition coefficient (Wildman–Crippen LogP) is 4.01. The smallest absolute Gasteiger partial charge is 0.303 e. The second-order valence-corrected chi connectivity index (χ2v) is 8.25. The molecule has 1 aromatic carbocycles. The molecule has 2 rings (SSSR count). The van der Waals surface area contributed by atoms with Crippen LogP contribution in [0.4, 0.5) is 11.4 Å². The molecule has 6 nitrogen and oxygen atoms in total. The van der Waals surface area contributed by atoms with Gasteiger partial charge in [-0.15, -0.1) is 0 Å². The zero-order chi connectivity index (χ0) is 21.1. The summed E-state index contributed by atoms with van der Waals surface area (Å²) in [6, 6.07) is 4.13. The highest BCUT2D eigenvalue weighted by molar-refractivity contribution is 5.67. The average Bonchev–Trinajstić information content (AvgIpc) is 2.60. The molecule has 1 aliphatic rings. The molecule has 0 saturated heterocycles. The quantitative estimate of drug-likeness (QED) is 0.487. The van der Waals surface area contributed by atoms with Gasteiger partial charge in [-0.05, 0) is 76.6 Å². The van der Waals surface area contributed by atoms with Crippen molar-refractivity contribution in [2.24, 2.45) is 0 Å². The van der Waals surface area contributed by atoms with Crippen LogP contribution in [0.5, 0.6) is 0 Å². The molecule has 0 aromatic heterocycles. The number of benzene rings is 1. The third kappa shape index (κ3) is 4.30.